The van der Waals surface area contributed by atoms with Crippen LogP contribution in [-0.2, 0) is 6.42 Å². The molecule has 1 aliphatic carbocycles. The van der Waals surface area contributed by atoms with Gasteiger partial charge in [0, 0.05) is 21.9 Å². The highest BCUT2D eigenvalue weighted by atomic mass is 127. The van der Waals surface area contributed by atoms with Crippen molar-refractivity contribution in [3.8, 4) is 11.3 Å². The van der Waals surface area contributed by atoms with Gasteiger partial charge in [0.05, 0.1) is 5.69 Å². The Morgan fingerprint density at radius 2 is 2.20 bits per heavy atom. The van der Waals surface area contributed by atoms with Gasteiger partial charge in [-0.05, 0) is 17.7 Å². The summed E-state index contributed by atoms with van der Waals surface area (Å²) in [6.07, 6.45) is 0.917. The molecule has 0 unspecified atom stereocenters. The number of nitrogens with two attached hydrogens (primary N) is 1. The van der Waals surface area contributed by atoms with E-state index in [-0.39, 0.29) is 24.0 Å². The third-order valence-corrected chi connectivity index (χ3v) is 3.51. The number of hydrogen-bond acceptors (Lipinski definition) is 3. The van der Waals surface area contributed by atoms with Crippen LogP contribution in [0.1, 0.15) is 10.4 Å². The monoisotopic (exact) mass is 350 g/mol. The Morgan fingerprint density at radius 1 is 1.40 bits per heavy atom. The van der Waals surface area contributed by atoms with E-state index in [0.717, 1.165) is 17.1 Å². The molecule has 3 rings (SSSR count). The van der Waals surface area contributed by atoms with Gasteiger partial charge in [0.1, 0.15) is 0 Å². The molecule has 0 fully saturated rings. The quantitative estimate of drug-likeness (QED) is 0.630. The molecule has 15 heavy (non-hydrogen) atoms. The van der Waals surface area contributed by atoms with Crippen LogP contribution >= 0.6 is 46.9 Å². The molecule has 1 aliphatic rings. The van der Waals surface area contributed by atoms with Crippen molar-refractivity contribution in [1.29, 1.82) is 0 Å². The fraction of sp³-hybridized carbons (Fsp3) is 0.100. The molecular weight excluding hydrogens is 343 g/mol. The molecule has 0 spiro atoms. The minimum Gasteiger partial charge on any atom is -0.375 e. The number of halogens is 2. The predicted octanol–water partition coefficient (Wildman–Crippen LogP) is 3.57. The molecule has 2 aromatic rings. The molecule has 5 heteroatoms. The van der Waals surface area contributed by atoms with Gasteiger partial charge in [-0.25, -0.2) is 4.98 Å². The number of nitrogen functional groups attached to an aromatic ring is 1. The lowest BCUT2D eigenvalue weighted by molar-refractivity contribution is 1.31. The van der Waals surface area contributed by atoms with E-state index in [1.807, 2.05) is 18.2 Å². The first-order chi connectivity index (χ1) is 6.74. The van der Waals surface area contributed by atoms with Crippen LogP contribution in [0, 0.1) is 0 Å². The highest BCUT2D eigenvalue weighted by Crippen LogP contribution is 2.40. The average Bonchev–Trinajstić information content (AvgIpc) is 2.59. The van der Waals surface area contributed by atoms with Crippen LogP contribution in [0.2, 0.25) is 5.02 Å². The molecule has 1 aromatic heterocycles. The number of anilines is 1. The second-order valence-corrected chi connectivity index (χ2v) is 4.85. The summed E-state index contributed by atoms with van der Waals surface area (Å²) in [6.45, 7) is 0. The Hall–Kier alpha value is -0.330. The first-order valence-corrected chi connectivity index (χ1v) is 5.47. The van der Waals surface area contributed by atoms with E-state index in [4.69, 9.17) is 17.3 Å². The molecular formula is C10H8ClIN2S. The normalized spacial score (nSPS) is 11.8. The lowest BCUT2D eigenvalue weighted by Gasteiger charge is -1.98. The van der Waals surface area contributed by atoms with Crippen LogP contribution in [-0.4, -0.2) is 4.98 Å². The molecule has 0 saturated carbocycles. The number of hydrogen-bond donors (Lipinski definition) is 1. The van der Waals surface area contributed by atoms with Crippen LogP contribution < -0.4 is 5.73 Å². The number of fused-ring (bicyclic) bond motifs is 3. The van der Waals surface area contributed by atoms with Crippen molar-refractivity contribution in [2.24, 2.45) is 0 Å². The van der Waals surface area contributed by atoms with Crippen molar-refractivity contribution < 1.29 is 0 Å². The van der Waals surface area contributed by atoms with Crippen molar-refractivity contribution in [3.63, 3.8) is 0 Å². The van der Waals surface area contributed by atoms with Crippen LogP contribution in [0.4, 0.5) is 5.13 Å². The molecule has 2 nitrogen and oxygen atoms in total. The van der Waals surface area contributed by atoms with Gasteiger partial charge < -0.3 is 5.73 Å². The first kappa shape index (κ1) is 11.2. The van der Waals surface area contributed by atoms with Crippen molar-refractivity contribution >= 4 is 52.0 Å². The van der Waals surface area contributed by atoms with Crippen molar-refractivity contribution in [1.82, 2.24) is 4.98 Å². The van der Waals surface area contributed by atoms with Crippen LogP contribution in [0.15, 0.2) is 18.2 Å². The fourth-order valence-corrected chi connectivity index (χ4v) is 2.88. The Bertz CT molecular complexity index is 524. The Kier molecular flexibility index (Phi) is 2.92. The Labute approximate surface area is 113 Å². The second kappa shape index (κ2) is 3.92. The standard InChI is InChI=1S/C10H7ClN2S.HI/c11-6-1-2-7-5(3-6)4-8-9(7)13-10(12)14-8;/h1-3H,4H2,(H2,12,13);1H. The van der Waals surface area contributed by atoms with E-state index in [1.54, 1.807) is 11.3 Å². The summed E-state index contributed by atoms with van der Waals surface area (Å²) in [5.41, 5.74) is 9.13. The minimum atomic E-state index is 0. The zero-order chi connectivity index (χ0) is 9.71. The van der Waals surface area contributed by atoms with Crippen molar-refractivity contribution in [3.05, 3.63) is 33.7 Å². The summed E-state index contributed by atoms with van der Waals surface area (Å²) in [6, 6.07) is 5.91. The highest BCUT2D eigenvalue weighted by molar-refractivity contribution is 14.0. The van der Waals surface area contributed by atoms with E-state index in [0.29, 0.717) is 5.13 Å². The summed E-state index contributed by atoms with van der Waals surface area (Å²) in [4.78, 5) is 5.57. The summed E-state index contributed by atoms with van der Waals surface area (Å²) in [5.74, 6) is 0. The third-order valence-electron chi connectivity index (χ3n) is 2.39. The van der Waals surface area contributed by atoms with Gasteiger partial charge in [-0.2, -0.15) is 0 Å². The second-order valence-electron chi connectivity index (χ2n) is 3.30. The smallest absolute Gasteiger partial charge is 0.180 e. The Morgan fingerprint density at radius 3 is 3.00 bits per heavy atom. The minimum absolute atomic E-state index is 0. The van der Waals surface area contributed by atoms with Gasteiger partial charge in [0.2, 0.25) is 0 Å². The molecule has 0 aliphatic heterocycles. The number of nitrogens with zero attached hydrogens (tertiary/aromatic N) is 1. The summed E-state index contributed by atoms with van der Waals surface area (Å²) < 4.78 is 0. The van der Waals surface area contributed by atoms with Crippen molar-refractivity contribution in [2.45, 2.75) is 6.42 Å². The average molecular weight is 351 g/mol. The number of thiazole rings is 1. The predicted molar refractivity (Wildman–Crippen MR) is 75.2 cm³/mol. The topological polar surface area (TPSA) is 38.9 Å². The van der Waals surface area contributed by atoms with Gasteiger partial charge in [-0.15, -0.1) is 35.3 Å². The zero-order valence-corrected chi connectivity index (χ0v) is 11.6. The van der Waals surface area contributed by atoms with Gasteiger partial charge in [0.15, 0.2) is 5.13 Å². The van der Waals surface area contributed by atoms with Gasteiger partial charge >= 0.3 is 0 Å². The maximum absolute atomic E-state index is 5.92. The Balaban J connectivity index is 0.000000853. The van der Waals surface area contributed by atoms with Gasteiger partial charge in [0.25, 0.3) is 0 Å². The largest absolute Gasteiger partial charge is 0.375 e. The number of rotatable bonds is 0. The fourth-order valence-electron chi connectivity index (χ4n) is 1.81. The van der Waals surface area contributed by atoms with E-state index in [2.05, 4.69) is 4.98 Å². The van der Waals surface area contributed by atoms with E-state index < -0.39 is 0 Å². The number of aromatic nitrogens is 1. The first-order valence-electron chi connectivity index (χ1n) is 4.28. The molecule has 0 radical (unpaired) electrons. The van der Waals surface area contributed by atoms with Crippen LogP contribution in [0.3, 0.4) is 0 Å². The summed E-state index contributed by atoms with van der Waals surface area (Å²) in [5, 5.41) is 1.43. The molecule has 78 valence electrons. The van der Waals surface area contributed by atoms with Crippen LogP contribution in [0.25, 0.3) is 11.3 Å². The van der Waals surface area contributed by atoms with E-state index in [1.165, 1.54) is 16.0 Å². The van der Waals surface area contributed by atoms with Crippen LogP contribution in [0.5, 0.6) is 0 Å². The molecule has 2 N–H and O–H groups in total. The lowest BCUT2D eigenvalue weighted by Crippen LogP contribution is -1.84. The lowest BCUT2D eigenvalue weighted by atomic mass is 10.1. The molecule has 0 bridgehead atoms. The van der Waals surface area contributed by atoms with E-state index in [9.17, 15) is 0 Å². The van der Waals surface area contributed by atoms with E-state index >= 15 is 0 Å². The molecule has 0 atom stereocenters. The maximum atomic E-state index is 5.92. The van der Waals surface area contributed by atoms with Crippen molar-refractivity contribution in [2.75, 3.05) is 5.73 Å². The molecule has 0 saturated heterocycles. The summed E-state index contributed by atoms with van der Waals surface area (Å²) in [7, 11) is 0. The molecule has 0 amide bonds. The summed E-state index contributed by atoms with van der Waals surface area (Å²) >= 11 is 7.49. The third kappa shape index (κ3) is 1.74. The number of benzene rings is 1. The van der Waals surface area contributed by atoms with Gasteiger partial charge in [-0.1, -0.05) is 17.7 Å². The zero-order valence-electron chi connectivity index (χ0n) is 7.66. The van der Waals surface area contributed by atoms with Gasteiger partial charge in [-0.3, -0.25) is 0 Å². The highest BCUT2D eigenvalue weighted by Gasteiger charge is 2.22. The SMILES string of the molecule is I.Nc1nc2c(s1)Cc1cc(Cl)ccc1-2. The molecule has 1 heterocycles. The molecule has 1 aromatic carbocycles. The maximum Gasteiger partial charge on any atom is 0.180 e.